The Morgan fingerprint density at radius 1 is 1.14 bits per heavy atom. The van der Waals surface area contributed by atoms with Crippen molar-refractivity contribution in [2.75, 3.05) is 11.5 Å². The second kappa shape index (κ2) is 6.32. The first-order valence-corrected chi connectivity index (χ1v) is 8.99. The summed E-state index contributed by atoms with van der Waals surface area (Å²) in [5.41, 5.74) is 9.42. The Morgan fingerprint density at radius 3 is 2.62 bits per heavy atom. The van der Waals surface area contributed by atoms with Crippen molar-refractivity contribution in [1.29, 1.82) is 0 Å². The van der Waals surface area contributed by atoms with Crippen LogP contribution in [0.3, 0.4) is 0 Å². The van der Waals surface area contributed by atoms with Crippen LogP contribution in [0, 0.1) is 3.57 Å². The summed E-state index contributed by atoms with van der Waals surface area (Å²) in [5.74, 6) is 1.06. The summed E-state index contributed by atoms with van der Waals surface area (Å²) in [6, 6.07) is 15.0. The number of aromatic nitrogens is 1. The van der Waals surface area contributed by atoms with E-state index in [1.54, 1.807) is 0 Å². The van der Waals surface area contributed by atoms with Gasteiger partial charge in [-0.1, -0.05) is 19.1 Å². The third-order valence-electron chi connectivity index (χ3n) is 3.44. The molecule has 2 aromatic carbocycles. The molecule has 0 amide bonds. The van der Waals surface area contributed by atoms with Crippen LogP contribution in [0.15, 0.2) is 53.6 Å². The number of nitrogens with two attached hydrogens (primary N) is 1. The fourth-order valence-electron chi connectivity index (χ4n) is 2.48. The number of rotatable bonds is 4. The van der Waals surface area contributed by atoms with Gasteiger partial charge in [-0.05, 0) is 64.2 Å². The van der Waals surface area contributed by atoms with Crippen molar-refractivity contribution < 1.29 is 0 Å². The number of benzene rings is 2. The van der Waals surface area contributed by atoms with Gasteiger partial charge in [0.2, 0.25) is 0 Å². The maximum atomic E-state index is 6.07. The van der Waals surface area contributed by atoms with E-state index in [2.05, 4.69) is 82.7 Å². The Bertz CT molecular complexity index is 762. The summed E-state index contributed by atoms with van der Waals surface area (Å²) < 4.78 is 3.53. The van der Waals surface area contributed by atoms with Gasteiger partial charge in [-0.2, -0.15) is 0 Å². The lowest BCUT2D eigenvalue weighted by Gasteiger charge is -2.09. The van der Waals surface area contributed by atoms with Gasteiger partial charge in [0.25, 0.3) is 0 Å². The molecule has 3 aromatic rings. The van der Waals surface area contributed by atoms with Gasteiger partial charge in [-0.15, -0.1) is 11.8 Å². The quantitative estimate of drug-likeness (QED) is 0.375. The minimum atomic E-state index is 0.834. The van der Waals surface area contributed by atoms with Crippen LogP contribution in [-0.4, -0.2) is 10.3 Å². The lowest BCUT2D eigenvalue weighted by molar-refractivity contribution is 0.836. The lowest BCUT2D eigenvalue weighted by atomic mass is 10.2. The molecule has 4 heteroatoms. The number of nitrogens with zero attached hydrogens (tertiary/aromatic N) is 1. The first-order chi connectivity index (χ1) is 10.2. The number of hydrogen-bond acceptors (Lipinski definition) is 2. The van der Waals surface area contributed by atoms with Crippen molar-refractivity contribution >= 4 is 50.9 Å². The van der Waals surface area contributed by atoms with Crippen molar-refractivity contribution in [3.05, 3.63) is 57.8 Å². The van der Waals surface area contributed by atoms with Crippen LogP contribution < -0.4 is 5.73 Å². The molecule has 0 saturated carbocycles. The lowest BCUT2D eigenvalue weighted by Crippen LogP contribution is -1.98. The molecule has 0 spiro atoms. The zero-order valence-corrected chi connectivity index (χ0v) is 14.8. The molecule has 0 radical (unpaired) electrons. The molecule has 0 aliphatic rings. The minimum absolute atomic E-state index is 0.834. The fraction of sp³-hybridized carbons (Fsp3) is 0.176. The smallest absolute Gasteiger partial charge is 0.0515 e. The molecule has 2 N–H and O–H groups in total. The average molecular weight is 408 g/mol. The monoisotopic (exact) mass is 408 g/mol. The van der Waals surface area contributed by atoms with E-state index in [-0.39, 0.29) is 0 Å². The van der Waals surface area contributed by atoms with Gasteiger partial charge in [0.05, 0.1) is 5.52 Å². The van der Waals surface area contributed by atoms with Crippen LogP contribution in [0.1, 0.15) is 12.5 Å². The van der Waals surface area contributed by atoms with E-state index in [4.69, 9.17) is 5.73 Å². The van der Waals surface area contributed by atoms with Crippen molar-refractivity contribution in [3.63, 3.8) is 0 Å². The van der Waals surface area contributed by atoms with E-state index in [1.165, 1.54) is 24.9 Å². The Balaban J connectivity index is 2.01. The molecule has 108 valence electrons. The van der Waals surface area contributed by atoms with Crippen molar-refractivity contribution in [2.45, 2.75) is 18.4 Å². The van der Waals surface area contributed by atoms with E-state index in [1.807, 2.05) is 11.8 Å². The largest absolute Gasteiger partial charge is 0.399 e. The summed E-state index contributed by atoms with van der Waals surface area (Å²) in [5, 5.41) is 1.29. The number of anilines is 1. The van der Waals surface area contributed by atoms with Gasteiger partial charge >= 0.3 is 0 Å². The third kappa shape index (κ3) is 3.21. The van der Waals surface area contributed by atoms with Gasteiger partial charge in [-0.3, -0.25) is 0 Å². The van der Waals surface area contributed by atoms with Crippen LogP contribution >= 0.6 is 34.4 Å². The van der Waals surface area contributed by atoms with E-state index in [0.717, 1.165) is 18.0 Å². The van der Waals surface area contributed by atoms with Gasteiger partial charge in [-0.25, -0.2) is 0 Å². The normalized spacial score (nSPS) is 11.1. The molecule has 1 heterocycles. The zero-order valence-electron chi connectivity index (χ0n) is 11.8. The molecule has 0 fully saturated rings. The third-order valence-corrected chi connectivity index (χ3v) is 5.10. The molecule has 3 rings (SSSR count). The number of nitrogen functional groups attached to an aromatic ring is 1. The van der Waals surface area contributed by atoms with Gasteiger partial charge in [0, 0.05) is 32.3 Å². The average Bonchev–Trinajstić information content (AvgIpc) is 2.85. The summed E-state index contributed by atoms with van der Waals surface area (Å²) in [6.07, 6.45) is 2.15. The molecule has 0 saturated heterocycles. The van der Waals surface area contributed by atoms with Gasteiger partial charge < -0.3 is 10.3 Å². The molecule has 2 nitrogen and oxygen atoms in total. The second-order valence-corrected chi connectivity index (χ2v) is 7.51. The van der Waals surface area contributed by atoms with Crippen molar-refractivity contribution in [1.82, 2.24) is 4.57 Å². The van der Waals surface area contributed by atoms with E-state index >= 15 is 0 Å². The fourth-order valence-corrected chi connectivity index (χ4v) is 3.70. The summed E-state index contributed by atoms with van der Waals surface area (Å²) >= 11 is 4.18. The summed E-state index contributed by atoms with van der Waals surface area (Å²) in [6.45, 7) is 3.04. The molecule has 0 atom stereocenters. The van der Waals surface area contributed by atoms with Gasteiger partial charge in [0.1, 0.15) is 0 Å². The standard InChI is InChI=1S/C17H17IN2S/c1-2-21-17-10-14(19)9-16-15(17)7-8-20(16)11-12-3-5-13(18)6-4-12/h3-10H,2,11,19H2,1H3. The molecule has 0 aliphatic carbocycles. The second-order valence-electron chi connectivity index (χ2n) is 4.95. The molecule has 21 heavy (non-hydrogen) atoms. The minimum Gasteiger partial charge on any atom is -0.399 e. The number of halogens is 1. The zero-order chi connectivity index (χ0) is 14.8. The molecular weight excluding hydrogens is 391 g/mol. The van der Waals surface area contributed by atoms with Crippen LogP contribution in [0.2, 0.25) is 0 Å². The van der Waals surface area contributed by atoms with Crippen LogP contribution in [0.4, 0.5) is 5.69 Å². The highest BCUT2D eigenvalue weighted by Crippen LogP contribution is 2.31. The molecule has 0 bridgehead atoms. The van der Waals surface area contributed by atoms with Crippen LogP contribution in [-0.2, 0) is 6.54 Å². The Hall–Kier alpha value is -1.14. The highest BCUT2D eigenvalue weighted by molar-refractivity contribution is 14.1. The van der Waals surface area contributed by atoms with E-state index < -0.39 is 0 Å². The molecular formula is C17H17IN2S. The topological polar surface area (TPSA) is 30.9 Å². The SMILES string of the molecule is CCSc1cc(N)cc2c1ccn2Cc1ccc(I)cc1. The van der Waals surface area contributed by atoms with Crippen molar-refractivity contribution in [3.8, 4) is 0 Å². The number of fused-ring (bicyclic) bond motifs is 1. The van der Waals surface area contributed by atoms with E-state index in [9.17, 15) is 0 Å². The van der Waals surface area contributed by atoms with Gasteiger partial charge in [0.15, 0.2) is 0 Å². The highest BCUT2D eigenvalue weighted by Gasteiger charge is 2.08. The summed E-state index contributed by atoms with van der Waals surface area (Å²) in [4.78, 5) is 1.27. The number of hydrogen-bond donors (Lipinski definition) is 1. The molecule has 0 unspecified atom stereocenters. The molecule has 1 aromatic heterocycles. The number of thioether (sulfide) groups is 1. The maximum Gasteiger partial charge on any atom is 0.0515 e. The Kier molecular flexibility index (Phi) is 4.45. The van der Waals surface area contributed by atoms with E-state index in [0.29, 0.717) is 0 Å². The predicted octanol–water partition coefficient (Wildman–Crippen LogP) is 4.99. The summed E-state index contributed by atoms with van der Waals surface area (Å²) in [7, 11) is 0. The first kappa shape index (κ1) is 14.8. The van der Waals surface area contributed by atoms with Crippen LogP contribution in [0.25, 0.3) is 10.9 Å². The van der Waals surface area contributed by atoms with Crippen molar-refractivity contribution in [2.24, 2.45) is 0 Å². The highest BCUT2D eigenvalue weighted by atomic mass is 127. The Labute approximate surface area is 142 Å². The Morgan fingerprint density at radius 2 is 1.90 bits per heavy atom. The first-order valence-electron chi connectivity index (χ1n) is 6.93. The molecule has 0 aliphatic heterocycles. The maximum absolute atomic E-state index is 6.07. The predicted molar refractivity (Wildman–Crippen MR) is 101 cm³/mol. The van der Waals surface area contributed by atoms with Crippen LogP contribution in [0.5, 0.6) is 0 Å².